The zero-order valence-corrected chi connectivity index (χ0v) is 9.51. The van der Waals surface area contributed by atoms with Gasteiger partial charge in [-0.25, -0.2) is 4.98 Å². The number of hydrogen-bond donors (Lipinski definition) is 1. The van der Waals surface area contributed by atoms with Crippen LogP contribution in [-0.2, 0) is 0 Å². The van der Waals surface area contributed by atoms with Crippen molar-refractivity contribution in [3.05, 3.63) is 42.2 Å². The number of aromatic nitrogens is 2. The largest absolute Gasteiger partial charge is 0.384 e. The van der Waals surface area contributed by atoms with Gasteiger partial charge < -0.3 is 5.73 Å². The van der Waals surface area contributed by atoms with E-state index in [1.807, 2.05) is 12.1 Å². The Morgan fingerprint density at radius 3 is 2.56 bits per heavy atom. The minimum absolute atomic E-state index is 0.446. The van der Waals surface area contributed by atoms with Crippen LogP contribution in [0.1, 0.15) is 25.3 Å². The highest BCUT2D eigenvalue weighted by Gasteiger charge is 2.09. The minimum Gasteiger partial charge on any atom is -0.384 e. The van der Waals surface area contributed by atoms with E-state index in [0.29, 0.717) is 11.7 Å². The SMILES string of the molecule is CC(C)c1cccnc1-c1ccc(N)nc1. The lowest BCUT2D eigenvalue weighted by molar-refractivity contribution is 0.861. The van der Waals surface area contributed by atoms with Crippen LogP contribution in [0.3, 0.4) is 0 Å². The second-order valence-corrected chi connectivity index (χ2v) is 4.07. The predicted molar refractivity (Wildman–Crippen MR) is 66.0 cm³/mol. The van der Waals surface area contributed by atoms with E-state index >= 15 is 0 Å². The lowest BCUT2D eigenvalue weighted by Gasteiger charge is -2.11. The van der Waals surface area contributed by atoms with Gasteiger partial charge in [-0.2, -0.15) is 0 Å². The molecule has 0 amide bonds. The average molecular weight is 213 g/mol. The zero-order valence-electron chi connectivity index (χ0n) is 9.51. The average Bonchev–Trinajstić information content (AvgIpc) is 2.30. The van der Waals surface area contributed by atoms with Crippen LogP contribution in [0.15, 0.2) is 36.7 Å². The summed E-state index contributed by atoms with van der Waals surface area (Å²) in [7, 11) is 0. The summed E-state index contributed by atoms with van der Waals surface area (Å²) < 4.78 is 0. The summed E-state index contributed by atoms with van der Waals surface area (Å²) in [5.74, 6) is 0.979. The highest BCUT2D eigenvalue weighted by Crippen LogP contribution is 2.26. The molecule has 0 aliphatic rings. The van der Waals surface area contributed by atoms with Gasteiger partial charge >= 0.3 is 0 Å². The van der Waals surface area contributed by atoms with Crippen molar-refractivity contribution in [2.75, 3.05) is 5.73 Å². The summed E-state index contributed by atoms with van der Waals surface area (Å²) in [6.07, 6.45) is 3.57. The molecule has 2 N–H and O–H groups in total. The highest BCUT2D eigenvalue weighted by atomic mass is 14.8. The molecule has 2 aromatic rings. The minimum atomic E-state index is 0.446. The van der Waals surface area contributed by atoms with Crippen molar-refractivity contribution >= 4 is 5.82 Å². The third kappa shape index (κ3) is 2.03. The zero-order chi connectivity index (χ0) is 11.5. The van der Waals surface area contributed by atoms with Gasteiger partial charge in [-0.05, 0) is 29.7 Å². The molecule has 0 fully saturated rings. The fraction of sp³-hybridized carbons (Fsp3) is 0.231. The molecule has 2 rings (SSSR count). The molecule has 0 unspecified atom stereocenters. The molecule has 2 aromatic heterocycles. The molecule has 0 aromatic carbocycles. The summed E-state index contributed by atoms with van der Waals surface area (Å²) in [4.78, 5) is 8.51. The van der Waals surface area contributed by atoms with Crippen molar-refractivity contribution in [2.45, 2.75) is 19.8 Å². The summed E-state index contributed by atoms with van der Waals surface area (Å²) >= 11 is 0. The molecule has 3 nitrogen and oxygen atoms in total. The van der Waals surface area contributed by atoms with Crippen LogP contribution in [0.25, 0.3) is 11.3 Å². The Hall–Kier alpha value is -1.90. The van der Waals surface area contributed by atoms with Crippen LogP contribution in [0.5, 0.6) is 0 Å². The van der Waals surface area contributed by atoms with E-state index in [-0.39, 0.29) is 0 Å². The Morgan fingerprint density at radius 2 is 1.94 bits per heavy atom. The van der Waals surface area contributed by atoms with Crippen LogP contribution in [-0.4, -0.2) is 9.97 Å². The molecule has 0 atom stereocenters. The second-order valence-electron chi connectivity index (χ2n) is 4.07. The number of anilines is 1. The van der Waals surface area contributed by atoms with Gasteiger partial charge in [0.1, 0.15) is 5.82 Å². The van der Waals surface area contributed by atoms with Crippen LogP contribution in [0, 0.1) is 0 Å². The number of rotatable bonds is 2. The van der Waals surface area contributed by atoms with Crippen molar-refractivity contribution in [3.8, 4) is 11.3 Å². The summed E-state index contributed by atoms with van der Waals surface area (Å²) in [6, 6.07) is 7.82. The van der Waals surface area contributed by atoms with Crippen LogP contribution in [0.2, 0.25) is 0 Å². The van der Waals surface area contributed by atoms with E-state index in [0.717, 1.165) is 11.3 Å². The van der Waals surface area contributed by atoms with Crippen LogP contribution >= 0.6 is 0 Å². The normalized spacial score (nSPS) is 10.7. The first kappa shape index (κ1) is 10.6. The standard InChI is InChI=1S/C13H15N3/c1-9(2)11-4-3-7-15-13(11)10-5-6-12(14)16-8-10/h3-9H,1-2H3,(H2,14,16). The molecule has 2 heterocycles. The van der Waals surface area contributed by atoms with E-state index in [4.69, 9.17) is 5.73 Å². The van der Waals surface area contributed by atoms with E-state index in [1.54, 1.807) is 18.5 Å². The second kappa shape index (κ2) is 4.31. The number of hydrogen-bond acceptors (Lipinski definition) is 3. The van der Waals surface area contributed by atoms with Crippen molar-refractivity contribution < 1.29 is 0 Å². The summed E-state index contributed by atoms with van der Waals surface area (Å²) in [5.41, 5.74) is 8.80. The van der Waals surface area contributed by atoms with Crippen LogP contribution < -0.4 is 5.73 Å². The predicted octanol–water partition coefficient (Wildman–Crippen LogP) is 2.85. The Morgan fingerprint density at radius 1 is 1.12 bits per heavy atom. The number of nitrogen functional groups attached to an aromatic ring is 1. The third-order valence-corrected chi connectivity index (χ3v) is 2.52. The maximum absolute atomic E-state index is 5.57. The molecule has 0 radical (unpaired) electrons. The van der Waals surface area contributed by atoms with Gasteiger partial charge in [-0.3, -0.25) is 4.98 Å². The molecule has 16 heavy (non-hydrogen) atoms. The van der Waals surface area contributed by atoms with Gasteiger partial charge in [-0.15, -0.1) is 0 Å². The molecule has 0 saturated carbocycles. The van der Waals surface area contributed by atoms with E-state index in [2.05, 4.69) is 29.9 Å². The molecule has 0 aliphatic carbocycles. The van der Waals surface area contributed by atoms with Crippen molar-refractivity contribution in [1.29, 1.82) is 0 Å². The smallest absolute Gasteiger partial charge is 0.123 e. The maximum atomic E-state index is 5.57. The fourth-order valence-electron chi connectivity index (χ4n) is 1.67. The van der Waals surface area contributed by atoms with Gasteiger partial charge in [0.25, 0.3) is 0 Å². The van der Waals surface area contributed by atoms with Crippen molar-refractivity contribution in [1.82, 2.24) is 9.97 Å². The van der Waals surface area contributed by atoms with Gasteiger partial charge in [0.2, 0.25) is 0 Å². The quantitative estimate of drug-likeness (QED) is 0.834. The van der Waals surface area contributed by atoms with Gasteiger partial charge in [-0.1, -0.05) is 19.9 Å². The topological polar surface area (TPSA) is 51.8 Å². The number of pyridine rings is 2. The molecule has 0 aliphatic heterocycles. The molecule has 0 spiro atoms. The maximum Gasteiger partial charge on any atom is 0.123 e. The first-order chi connectivity index (χ1) is 7.68. The van der Waals surface area contributed by atoms with E-state index < -0.39 is 0 Å². The van der Waals surface area contributed by atoms with Crippen molar-refractivity contribution in [3.63, 3.8) is 0 Å². The monoisotopic (exact) mass is 213 g/mol. The highest BCUT2D eigenvalue weighted by molar-refractivity contribution is 5.63. The number of nitrogens with two attached hydrogens (primary N) is 1. The third-order valence-electron chi connectivity index (χ3n) is 2.52. The van der Waals surface area contributed by atoms with E-state index in [1.165, 1.54) is 5.56 Å². The first-order valence-corrected chi connectivity index (χ1v) is 5.35. The molecule has 3 heteroatoms. The lowest BCUT2D eigenvalue weighted by Crippen LogP contribution is -1.96. The Bertz CT molecular complexity index is 475. The van der Waals surface area contributed by atoms with Gasteiger partial charge in [0, 0.05) is 18.0 Å². The number of nitrogens with zero attached hydrogens (tertiary/aromatic N) is 2. The van der Waals surface area contributed by atoms with E-state index in [9.17, 15) is 0 Å². The molecular formula is C13H15N3. The molecular weight excluding hydrogens is 198 g/mol. The Balaban J connectivity index is 2.51. The Labute approximate surface area is 95.4 Å². The van der Waals surface area contributed by atoms with Gasteiger partial charge in [0.15, 0.2) is 0 Å². The van der Waals surface area contributed by atoms with Crippen LogP contribution in [0.4, 0.5) is 5.82 Å². The molecule has 82 valence electrons. The Kier molecular flexibility index (Phi) is 2.86. The lowest BCUT2D eigenvalue weighted by atomic mass is 9.98. The summed E-state index contributed by atoms with van der Waals surface area (Å²) in [5, 5.41) is 0. The fourth-order valence-corrected chi connectivity index (χ4v) is 1.67. The van der Waals surface area contributed by atoms with Crippen molar-refractivity contribution in [2.24, 2.45) is 0 Å². The summed E-state index contributed by atoms with van der Waals surface area (Å²) in [6.45, 7) is 4.32. The molecule has 0 bridgehead atoms. The molecule has 0 saturated heterocycles. The van der Waals surface area contributed by atoms with Gasteiger partial charge in [0.05, 0.1) is 5.69 Å². The first-order valence-electron chi connectivity index (χ1n) is 5.35.